The molecular formula is C21H23F3N2O2. The maximum atomic E-state index is 12.9. The van der Waals surface area contributed by atoms with Gasteiger partial charge in [-0.05, 0) is 55.7 Å². The lowest BCUT2D eigenvalue weighted by Gasteiger charge is -2.46. The quantitative estimate of drug-likeness (QED) is 0.840. The van der Waals surface area contributed by atoms with Crippen LogP contribution in [0.15, 0.2) is 24.3 Å². The van der Waals surface area contributed by atoms with E-state index in [9.17, 15) is 22.8 Å². The fourth-order valence-electron chi connectivity index (χ4n) is 5.70. The normalized spacial score (nSPS) is 36.7. The van der Waals surface area contributed by atoms with Gasteiger partial charge in [0.15, 0.2) is 0 Å². The molecule has 2 heterocycles. The van der Waals surface area contributed by atoms with Gasteiger partial charge in [-0.1, -0.05) is 12.1 Å². The molecule has 1 aromatic rings. The number of fused-ring (bicyclic) bond motifs is 1. The molecule has 4 aliphatic rings. The Kier molecular flexibility index (Phi) is 3.69. The third-order valence-corrected chi connectivity index (χ3v) is 7.46. The Morgan fingerprint density at radius 1 is 1.11 bits per heavy atom. The van der Waals surface area contributed by atoms with Crippen molar-refractivity contribution in [3.05, 3.63) is 35.4 Å². The Balaban J connectivity index is 1.20. The van der Waals surface area contributed by atoms with E-state index in [1.54, 1.807) is 12.1 Å². The lowest BCUT2D eigenvalue weighted by atomic mass is 9.67. The maximum absolute atomic E-state index is 12.9. The van der Waals surface area contributed by atoms with Crippen LogP contribution in [0.1, 0.15) is 49.7 Å². The molecular weight excluding hydrogens is 369 g/mol. The van der Waals surface area contributed by atoms with Gasteiger partial charge in [0, 0.05) is 36.4 Å². The molecule has 2 atom stereocenters. The Morgan fingerprint density at radius 3 is 2.39 bits per heavy atom. The highest BCUT2D eigenvalue weighted by Crippen LogP contribution is 2.59. The number of nitrogens with one attached hydrogen (secondary N) is 1. The number of alkyl halides is 3. The van der Waals surface area contributed by atoms with Crippen molar-refractivity contribution >= 4 is 11.8 Å². The van der Waals surface area contributed by atoms with Crippen LogP contribution in [0.4, 0.5) is 13.2 Å². The summed E-state index contributed by atoms with van der Waals surface area (Å²) in [5.41, 5.74) is 0.155. The predicted molar refractivity (Wildman–Crippen MR) is 95.3 cm³/mol. The standard InChI is InChI=1S/C21H23F3N2O2/c22-21(23,24)15-3-1-14(2-4-15)20-7-8-26(12-16(20)11-20)18(28)13-9-19(10-13)6-5-17(27)25-19/h1-4,13,16H,5-12H2,(H,25,27). The first-order valence-electron chi connectivity index (χ1n) is 9.98. The molecule has 0 radical (unpaired) electrons. The van der Waals surface area contributed by atoms with Crippen LogP contribution in [-0.2, 0) is 21.2 Å². The highest BCUT2D eigenvalue weighted by atomic mass is 19.4. The summed E-state index contributed by atoms with van der Waals surface area (Å²) in [5, 5.41) is 3.02. The molecule has 4 fully saturated rings. The molecule has 2 amide bonds. The van der Waals surface area contributed by atoms with Crippen molar-refractivity contribution in [2.75, 3.05) is 13.1 Å². The fourth-order valence-corrected chi connectivity index (χ4v) is 5.70. The molecule has 2 saturated heterocycles. The van der Waals surface area contributed by atoms with Crippen LogP contribution in [-0.4, -0.2) is 35.3 Å². The van der Waals surface area contributed by atoms with Crippen LogP contribution in [0, 0.1) is 11.8 Å². The zero-order chi connectivity index (χ0) is 19.7. The first kappa shape index (κ1) is 18.0. The van der Waals surface area contributed by atoms with Crippen molar-refractivity contribution in [1.82, 2.24) is 10.2 Å². The number of amides is 2. The van der Waals surface area contributed by atoms with E-state index in [1.807, 2.05) is 4.90 Å². The molecule has 7 heteroatoms. The summed E-state index contributed by atoms with van der Waals surface area (Å²) in [7, 11) is 0. The van der Waals surface area contributed by atoms with Gasteiger partial charge in [0.05, 0.1) is 5.56 Å². The molecule has 0 aromatic heterocycles. The molecule has 2 saturated carbocycles. The van der Waals surface area contributed by atoms with Gasteiger partial charge in [-0.2, -0.15) is 13.2 Å². The van der Waals surface area contributed by atoms with Gasteiger partial charge in [0.1, 0.15) is 0 Å². The molecule has 1 spiro atoms. The number of hydrogen-bond donors (Lipinski definition) is 1. The predicted octanol–water partition coefficient (Wildman–Crippen LogP) is 3.25. The molecule has 2 unspecified atom stereocenters. The minimum Gasteiger partial charge on any atom is -0.351 e. The number of hydrogen-bond acceptors (Lipinski definition) is 2. The zero-order valence-corrected chi connectivity index (χ0v) is 15.5. The molecule has 150 valence electrons. The second kappa shape index (κ2) is 5.74. The SMILES string of the molecule is O=C1CCC2(CC(C(=O)N3CCC4(c5ccc(C(F)(F)F)cc5)CC4C3)C2)N1. The van der Waals surface area contributed by atoms with Gasteiger partial charge in [0.25, 0.3) is 0 Å². The molecule has 2 aliphatic carbocycles. The van der Waals surface area contributed by atoms with Crippen LogP contribution in [0.25, 0.3) is 0 Å². The van der Waals surface area contributed by atoms with Crippen molar-refractivity contribution < 1.29 is 22.8 Å². The van der Waals surface area contributed by atoms with E-state index < -0.39 is 11.7 Å². The number of nitrogens with zero attached hydrogens (tertiary/aromatic N) is 1. The van der Waals surface area contributed by atoms with E-state index >= 15 is 0 Å². The van der Waals surface area contributed by atoms with E-state index in [4.69, 9.17) is 0 Å². The van der Waals surface area contributed by atoms with Crippen molar-refractivity contribution in [2.24, 2.45) is 11.8 Å². The van der Waals surface area contributed by atoms with E-state index in [1.165, 1.54) is 12.1 Å². The summed E-state index contributed by atoms with van der Waals surface area (Å²) >= 11 is 0. The molecule has 5 rings (SSSR count). The Labute approximate surface area is 161 Å². The number of carbonyl (C=O) groups excluding carboxylic acids is 2. The smallest absolute Gasteiger partial charge is 0.351 e. The maximum Gasteiger partial charge on any atom is 0.416 e. The van der Waals surface area contributed by atoms with Crippen LogP contribution < -0.4 is 5.32 Å². The molecule has 0 bridgehead atoms. The van der Waals surface area contributed by atoms with Crippen molar-refractivity contribution in [2.45, 2.75) is 55.7 Å². The minimum atomic E-state index is -4.31. The summed E-state index contributed by atoms with van der Waals surface area (Å²) in [5.74, 6) is 0.598. The van der Waals surface area contributed by atoms with Gasteiger partial charge < -0.3 is 10.2 Å². The summed E-state index contributed by atoms with van der Waals surface area (Å²) in [6, 6.07) is 5.55. The number of piperidine rings is 1. The van der Waals surface area contributed by atoms with Gasteiger partial charge >= 0.3 is 6.18 Å². The number of carbonyl (C=O) groups is 2. The number of rotatable bonds is 2. The topological polar surface area (TPSA) is 49.4 Å². The van der Waals surface area contributed by atoms with Crippen molar-refractivity contribution in [1.29, 1.82) is 0 Å². The molecule has 28 heavy (non-hydrogen) atoms. The monoisotopic (exact) mass is 392 g/mol. The van der Waals surface area contributed by atoms with Crippen LogP contribution in [0.5, 0.6) is 0 Å². The fraction of sp³-hybridized carbons (Fsp3) is 0.619. The highest BCUT2D eigenvalue weighted by Gasteiger charge is 2.59. The second-order valence-corrected chi connectivity index (χ2v) is 9.10. The average Bonchev–Trinajstić information content (AvgIpc) is 3.25. The number of halogens is 3. The third kappa shape index (κ3) is 2.73. The summed E-state index contributed by atoms with van der Waals surface area (Å²) in [6.07, 6.45) is 0.299. The van der Waals surface area contributed by atoms with Gasteiger partial charge in [0.2, 0.25) is 11.8 Å². The zero-order valence-electron chi connectivity index (χ0n) is 15.5. The average molecular weight is 392 g/mol. The molecule has 4 nitrogen and oxygen atoms in total. The first-order valence-corrected chi connectivity index (χ1v) is 9.98. The van der Waals surface area contributed by atoms with Crippen LogP contribution >= 0.6 is 0 Å². The number of likely N-dealkylation sites (tertiary alicyclic amines) is 1. The summed E-state index contributed by atoms with van der Waals surface area (Å²) < 4.78 is 38.4. The lowest BCUT2D eigenvalue weighted by Crippen LogP contribution is -2.57. The van der Waals surface area contributed by atoms with E-state index in [0.717, 1.165) is 37.7 Å². The van der Waals surface area contributed by atoms with Crippen molar-refractivity contribution in [3.63, 3.8) is 0 Å². The lowest BCUT2D eigenvalue weighted by molar-refractivity contribution is -0.143. The number of benzene rings is 1. The minimum absolute atomic E-state index is 0.00396. The molecule has 2 aliphatic heterocycles. The van der Waals surface area contributed by atoms with Gasteiger partial charge in [-0.3, -0.25) is 9.59 Å². The second-order valence-electron chi connectivity index (χ2n) is 9.10. The summed E-state index contributed by atoms with van der Waals surface area (Å²) in [4.78, 5) is 26.2. The molecule has 1 N–H and O–H groups in total. The Hall–Kier alpha value is -2.05. The first-order chi connectivity index (χ1) is 13.2. The van der Waals surface area contributed by atoms with Crippen LogP contribution in [0.3, 0.4) is 0 Å². The van der Waals surface area contributed by atoms with E-state index in [-0.39, 0.29) is 28.7 Å². The highest BCUT2D eigenvalue weighted by molar-refractivity contribution is 5.84. The third-order valence-electron chi connectivity index (χ3n) is 7.46. The largest absolute Gasteiger partial charge is 0.416 e. The molecule has 1 aromatic carbocycles. The van der Waals surface area contributed by atoms with Gasteiger partial charge in [-0.15, -0.1) is 0 Å². The Morgan fingerprint density at radius 2 is 1.82 bits per heavy atom. The Bertz CT molecular complexity index is 829. The van der Waals surface area contributed by atoms with E-state index in [2.05, 4.69) is 5.32 Å². The van der Waals surface area contributed by atoms with E-state index in [0.29, 0.717) is 25.4 Å². The summed E-state index contributed by atoms with van der Waals surface area (Å²) in [6.45, 7) is 1.35. The van der Waals surface area contributed by atoms with Crippen LogP contribution in [0.2, 0.25) is 0 Å². The van der Waals surface area contributed by atoms with Crippen molar-refractivity contribution in [3.8, 4) is 0 Å². The van der Waals surface area contributed by atoms with Gasteiger partial charge in [-0.25, -0.2) is 0 Å².